The Labute approximate surface area is 150 Å². The lowest BCUT2D eigenvalue weighted by Crippen LogP contribution is -2.25. The Hall–Kier alpha value is -1.54. The fraction of sp³-hybridized carbons (Fsp3) is 0.235. The van der Waals surface area contributed by atoms with Crippen molar-refractivity contribution in [1.29, 1.82) is 0 Å². The highest BCUT2D eigenvalue weighted by molar-refractivity contribution is 7.91. The van der Waals surface area contributed by atoms with Gasteiger partial charge in [-0.2, -0.15) is 0 Å². The molecule has 3 aromatic rings. The molecule has 0 bridgehead atoms. The molecule has 0 aliphatic rings. The highest BCUT2D eigenvalue weighted by atomic mass is 32.2. The molecule has 24 heavy (non-hydrogen) atoms. The minimum absolute atomic E-state index is 0.359. The summed E-state index contributed by atoms with van der Waals surface area (Å²) in [7, 11) is -3.41. The predicted octanol–water partition coefficient (Wildman–Crippen LogP) is 3.62. The largest absolute Gasteiger partial charge is 0.250 e. The van der Waals surface area contributed by atoms with E-state index in [-0.39, 0.29) is 0 Å². The van der Waals surface area contributed by atoms with E-state index in [1.807, 2.05) is 37.4 Å². The third-order valence-electron chi connectivity index (χ3n) is 3.43. The molecule has 3 rings (SSSR count). The van der Waals surface area contributed by atoms with Crippen LogP contribution in [0.1, 0.15) is 20.3 Å². The topological polar surface area (TPSA) is 59.1 Å². The average molecular weight is 379 g/mol. The van der Waals surface area contributed by atoms with Crippen molar-refractivity contribution < 1.29 is 8.42 Å². The van der Waals surface area contributed by atoms with E-state index in [0.29, 0.717) is 17.2 Å². The molecule has 0 saturated heterocycles. The van der Waals surface area contributed by atoms with Crippen LogP contribution in [-0.2, 0) is 22.9 Å². The first-order valence-electron chi connectivity index (χ1n) is 7.56. The number of nitrogens with one attached hydrogen (secondary N) is 1. The summed E-state index contributed by atoms with van der Waals surface area (Å²) in [6, 6.07) is 13.7. The number of hydrogen-bond donors (Lipinski definition) is 1. The first-order valence-corrected chi connectivity index (χ1v) is 10.7. The Bertz CT molecular complexity index is 899. The number of hydrogen-bond acceptors (Lipinski definition) is 5. The minimum atomic E-state index is -3.41. The van der Waals surface area contributed by atoms with E-state index < -0.39 is 10.0 Å². The van der Waals surface area contributed by atoms with Crippen LogP contribution in [-0.4, -0.2) is 19.9 Å². The average Bonchev–Trinajstić information content (AvgIpc) is 3.18. The number of benzene rings is 1. The van der Waals surface area contributed by atoms with Crippen molar-refractivity contribution in [3.05, 3.63) is 69.0 Å². The molecule has 7 heteroatoms. The fourth-order valence-corrected chi connectivity index (χ4v) is 5.58. The van der Waals surface area contributed by atoms with Crippen molar-refractivity contribution >= 4 is 32.7 Å². The Kier molecular flexibility index (Phi) is 5.45. The smallest absolute Gasteiger partial charge is 0.249 e. The molecule has 2 aromatic heterocycles. The third kappa shape index (κ3) is 4.51. The second kappa shape index (κ2) is 7.57. The van der Waals surface area contributed by atoms with Gasteiger partial charge in [0.2, 0.25) is 10.0 Å². The van der Waals surface area contributed by atoms with Gasteiger partial charge in [-0.25, -0.2) is 18.1 Å². The van der Waals surface area contributed by atoms with Gasteiger partial charge in [0.05, 0.1) is 5.01 Å². The summed E-state index contributed by atoms with van der Waals surface area (Å²) in [6.45, 7) is 2.26. The first-order chi connectivity index (χ1) is 11.5. The maximum atomic E-state index is 12.2. The molecule has 0 aliphatic carbocycles. The highest BCUT2D eigenvalue weighted by Crippen LogP contribution is 2.21. The Morgan fingerprint density at radius 1 is 1.08 bits per heavy atom. The Morgan fingerprint density at radius 2 is 1.88 bits per heavy atom. The van der Waals surface area contributed by atoms with Gasteiger partial charge in [0.15, 0.2) is 0 Å². The number of aromatic nitrogens is 1. The highest BCUT2D eigenvalue weighted by Gasteiger charge is 2.15. The van der Waals surface area contributed by atoms with E-state index in [2.05, 4.69) is 21.8 Å². The molecule has 0 radical (unpaired) electrons. The fourth-order valence-electron chi connectivity index (χ4n) is 2.26. The van der Waals surface area contributed by atoms with Crippen molar-refractivity contribution in [3.63, 3.8) is 0 Å². The van der Waals surface area contributed by atoms with Gasteiger partial charge in [-0.15, -0.1) is 22.7 Å². The van der Waals surface area contributed by atoms with Gasteiger partial charge in [-0.1, -0.05) is 30.3 Å². The van der Waals surface area contributed by atoms with E-state index in [1.165, 1.54) is 21.8 Å². The molecule has 1 aromatic carbocycles. The van der Waals surface area contributed by atoms with Crippen LogP contribution in [0, 0.1) is 6.92 Å². The third-order valence-corrected chi connectivity index (χ3v) is 7.44. The summed E-state index contributed by atoms with van der Waals surface area (Å²) in [5.41, 5.74) is 1.25. The van der Waals surface area contributed by atoms with Crippen LogP contribution in [0.5, 0.6) is 0 Å². The summed E-state index contributed by atoms with van der Waals surface area (Å²) >= 11 is 2.92. The molecule has 0 atom stereocenters. The molecular weight excluding hydrogens is 360 g/mol. The van der Waals surface area contributed by atoms with Gasteiger partial charge in [0, 0.05) is 35.3 Å². The van der Waals surface area contributed by atoms with E-state index in [1.54, 1.807) is 17.4 Å². The maximum absolute atomic E-state index is 12.2. The zero-order chi connectivity index (χ0) is 17.0. The molecule has 0 unspecified atom stereocenters. The standard InChI is InChI=1S/C17H18N2O2S3/c1-13-7-8-17(22-13)24(20,21)19-10-9-16-18-12-15(23-16)11-14-5-3-2-4-6-14/h2-8,12,19H,9-11H2,1H3. The van der Waals surface area contributed by atoms with Crippen molar-refractivity contribution in [2.24, 2.45) is 0 Å². The van der Waals surface area contributed by atoms with E-state index in [4.69, 9.17) is 0 Å². The van der Waals surface area contributed by atoms with Crippen LogP contribution in [0.3, 0.4) is 0 Å². The lowest BCUT2D eigenvalue weighted by Gasteiger charge is -2.03. The van der Waals surface area contributed by atoms with E-state index in [0.717, 1.165) is 16.3 Å². The lowest BCUT2D eigenvalue weighted by molar-refractivity contribution is 0.583. The summed E-state index contributed by atoms with van der Waals surface area (Å²) < 4.78 is 27.3. The molecule has 126 valence electrons. The monoisotopic (exact) mass is 378 g/mol. The molecule has 2 heterocycles. The first kappa shape index (κ1) is 17.3. The van der Waals surface area contributed by atoms with E-state index >= 15 is 0 Å². The van der Waals surface area contributed by atoms with Crippen LogP contribution in [0.2, 0.25) is 0 Å². The molecule has 0 aliphatic heterocycles. The van der Waals surface area contributed by atoms with E-state index in [9.17, 15) is 8.42 Å². The summed E-state index contributed by atoms with van der Waals surface area (Å²) in [6.07, 6.45) is 3.34. The predicted molar refractivity (Wildman–Crippen MR) is 99.3 cm³/mol. The SMILES string of the molecule is Cc1ccc(S(=O)(=O)NCCc2ncc(Cc3ccccc3)s2)s1. The second-order valence-electron chi connectivity index (χ2n) is 5.40. The molecule has 0 saturated carbocycles. The van der Waals surface area contributed by atoms with Crippen LogP contribution in [0.25, 0.3) is 0 Å². The quantitative estimate of drug-likeness (QED) is 0.683. The summed E-state index contributed by atoms with van der Waals surface area (Å²) in [5.74, 6) is 0. The molecule has 0 spiro atoms. The number of rotatable bonds is 7. The van der Waals surface area contributed by atoms with Crippen molar-refractivity contribution in [1.82, 2.24) is 9.71 Å². The lowest BCUT2D eigenvalue weighted by atomic mass is 10.1. The number of thiazole rings is 1. The number of sulfonamides is 1. The molecule has 1 N–H and O–H groups in total. The zero-order valence-corrected chi connectivity index (χ0v) is 15.7. The Balaban J connectivity index is 1.54. The summed E-state index contributed by atoms with van der Waals surface area (Å²) in [4.78, 5) is 6.57. The second-order valence-corrected chi connectivity index (χ2v) is 9.88. The van der Waals surface area contributed by atoms with Gasteiger partial charge >= 0.3 is 0 Å². The number of aryl methyl sites for hydroxylation is 1. The van der Waals surface area contributed by atoms with Crippen LogP contribution in [0.15, 0.2) is 52.9 Å². The van der Waals surface area contributed by atoms with Gasteiger partial charge in [0.1, 0.15) is 4.21 Å². The van der Waals surface area contributed by atoms with Crippen LogP contribution in [0.4, 0.5) is 0 Å². The molecular formula is C17H18N2O2S3. The van der Waals surface area contributed by atoms with Gasteiger partial charge in [-0.3, -0.25) is 0 Å². The van der Waals surface area contributed by atoms with Gasteiger partial charge in [-0.05, 0) is 24.6 Å². The molecule has 4 nitrogen and oxygen atoms in total. The normalized spacial score (nSPS) is 11.7. The van der Waals surface area contributed by atoms with Crippen LogP contribution >= 0.6 is 22.7 Å². The molecule has 0 fully saturated rings. The van der Waals surface area contributed by atoms with Crippen molar-refractivity contribution in [2.75, 3.05) is 6.54 Å². The molecule has 0 amide bonds. The van der Waals surface area contributed by atoms with Gasteiger partial charge < -0.3 is 0 Å². The number of thiophene rings is 1. The zero-order valence-electron chi connectivity index (χ0n) is 13.2. The van der Waals surface area contributed by atoms with Crippen molar-refractivity contribution in [2.45, 2.75) is 24.0 Å². The minimum Gasteiger partial charge on any atom is -0.249 e. The number of nitrogens with zero attached hydrogens (tertiary/aromatic N) is 1. The maximum Gasteiger partial charge on any atom is 0.250 e. The van der Waals surface area contributed by atoms with Gasteiger partial charge in [0.25, 0.3) is 0 Å². The van der Waals surface area contributed by atoms with Crippen LogP contribution < -0.4 is 4.72 Å². The van der Waals surface area contributed by atoms with Crippen molar-refractivity contribution in [3.8, 4) is 0 Å². The summed E-state index contributed by atoms with van der Waals surface area (Å²) in [5, 5.41) is 0.950. The Morgan fingerprint density at radius 3 is 2.58 bits per heavy atom.